The van der Waals surface area contributed by atoms with E-state index in [2.05, 4.69) is 29.6 Å². The molecule has 2 bridgehead atoms. The first-order chi connectivity index (χ1) is 11.8. The number of carbonyl (C=O) groups excluding carboxylic acids is 1. The third-order valence-corrected chi connectivity index (χ3v) is 6.68. The Hall–Kier alpha value is -1.35. The van der Waals surface area contributed by atoms with Gasteiger partial charge in [-0.25, -0.2) is 0 Å². The van der Waals surface area contributed by atoms with Crippen molar-refractivity contribution in [2.75, 3.05) is 13.1 Å². The molecule has 3 atom stereocenters. The highest BCUT2D eigenvalue weighted by molar-refractivity contribution is 5.76. The van der Waals surface area contributed by atoms with E-state index in [1.807, 2.05) is 0 Å². The fourth-order valence-electron chi connectivity index (χ4n) is 5.35. The molecule has 3 heteroatoms. The Morgan fingerprint density at radius 1 is 1.08 bits per heavy atom. The van der Waals surface area contributed by atoms with Gasteiger partial charge in [-0.3, -0.25) is 4.79 Å². The van der Waals surface area contributed by atoms with Crippen molar-refractivity contribution >= 4 is 5.91 Å². The van der Waals surface area contributed by atoms with Crippen molar-refractivity contribution in [3.05, 3.63) is 35.4 Å². The molecule has 1 aliphatic heterocycles. The second-order valence-corrected chi connectivity index (χ2v) is 8.32. The van der Waals surface area contributed by atoms with E-state index < -0.39 is 0 Å². The fraction of sp³-hybridized carbons (Fsp3) is 0.667. The van der Waals surface area contributed by atoms with E-state index in [0.717, 1.165) is 24.8 Å². The van der Waals surface area contributed by atoms with E-state index in [1.54, 1.807) is 4.90 Å². The first-order valence-corrected chi connectivity index (χ1v) is 9.95. The van der Waals surface area contributed by atoms with E-state index in [-0.39, 0.29) is 5.91 Å². The molecule has 1 saturated heterocycles. The molecule has 2 aliphatic carbocycles. The maximum atomic E-state index is 12.4. The summed E-state index contributed by atoms with van der Waals surface area (Å²) >= 11 is 0. The topological polar surface area (TPSA) is 33.5 Å². The van der Waals surface area contributed by atoms with Crippen LogP contribution in [0.5, 0.6) is 0 Å². The van der Waals surface area contributed by atoms with Crippen molar-refractivity contribution in [1.82, 2.24) is 5.32 Å². The second kappa shape index (κ2) is 7.26. The van der Waals surface area contributed by atoms with Gasteiger partial charge in [0.1, 0.15) is 6.54 Å². The molecule has 130 valence electrons. The molecule has 3 aliphatic rings. The van der Waals surface area contributed by atoms with Crippen LogP contribution in [0.1, 0.15) is 56.1 Å². The van der Waals surface area contributed by atoms with E-state index in [4.69, 9.17) is 0 Å². The number of rotatable bonds is 6. The van der Waals surface area contributed by atoms with Gasteiger partial charge in [-0.2, -0.15) is 0 Å². The lowest BCUT2D eigenvalue weighted by atomic mass is 9.86. The van der Waals surface area contributed by atoms with Crippen LogP contribution in [-0.4, -0.2) is 19.0 Å². The smallest absolute Gasteiger partial charge is 0.220 e. The number of hydrogen-bond donors (Lipinski definition) is 2. The maximum Gasteiger partial charge on any atom is 0.220 e. The van der Waals surface area contributed by atoms with Crippen molar-refractivity contribution in [2.45, 2.75) is 58.0 Å². The van der Waals surface area contributed by atoms with Gasteiger partial charge < -0.3 is 10.2 Å². The summed E-state index contributed by atoms with van der Waals surface area (Å²) in [6.07, 6.45) is 8.93. The molecule has 0 radical (unpaired) electrons. The molecule has 3 fully saturated rings. The Bertz CT molecular complexity index is 579. The molecule has 24 heavy (non-hydrogen) atoms. The second-order valence-electron chi connectivity index (χ2n) is 8.32. The Morgan fingerprint density at radius 3 is 2.58 bits per heavy atom. The van der Waals surface area contributed by atoms with Gasteiger partial charge >= 0.3 is 0 Å². The zero-order valence-electron chi connectivity index (χ0n) is 14.7. The lowest BCUT2D eigenvalue weighted by molar-refractivity contribution is -0.901. The number of hydrogen-bond acceptors (Lipinski definition) is 1. The predicted octanol–water partition coefficient (Wildman–Crippen LogP) is 2.31. The molecule has 0 unspecified atom stereocenters. The molecule has 0 spiro atoms. The Kier molecular flexibility index (Phi) is 4.88. The molecule has 0 aromatic heterocycles. The molecule has 3 nitrogen and oxygen atoms in total. The van der Waals surface area contributed by atoms with Crippen LogP contribution in [-0.2, 0) is 17.9 Å². The lowest BCUT2D eigenvalue weighted by Gasteiger charge is -2.21. The quantitative estimate of drug-likeness (QED) is 0.826. The highest BCUT2D eigenvalue weighted by atomic mass is 16.1. The number of carbonyl (C=O) groups is 1. The summed E-state index contributed by atoms with van der Waals surface area (Å²) in [5.41, 5.74) is 2.72. The normalized spacial score (nSPS) is 29.2. The van der Waals surface area contributed by atoms with Crippen molar-refractivity contribution in [3.8, 4) is 0 Å². The van der Waals surface area contributed by atoms with Crippen molar-refractivity contribution in [3.63, 3.8) is 0 Å². The van der Waals surface area contributed by atoms with Gasteiger partial charge in [0.2, 0.25) is 5.91 Å². The number of benzene rings is 1. The largest absolute Gasteiger partial charge is 0.352 e. The van der Waals surface area contributed by atoms with Gasteiger partial charge in [-0.1, -0.05) is 30.7 Å². The average molecular weight is 327 g/mol. The van der Waals surface area contributed by atoms with Gasteiger partial charge in [0, 0.05) is 31.4 Å². The monoisotopic (exact) mass is 327 g/mol. The number of amides is 1. The molecule has 1 aromatic carbocycles. The van der Waals surface area contributed by atoms with Crippen LogP contribution in [0.25, 0.3) is 0 Å². The molecule has 2 saturated carbocycles. The molecular weight excluding hydrogens is 296 g/mol. The Labute approximate surface area is 145 Å². The van der Waals surface area contributed by atoms with E-state index >= 15 is 0 Å². The van der Waals surface area contributed by atoms with Crippen LogP contribution in [0.3, 0.4) is 0 Å². The van der Waals surface area contributed by atoms with Gasteiger partial charge in [-0.05, 0) is 42.6 Å². The highest BCUT2D eigenvalue weighted by Gasteiger charge is 2.40. The molecular formula is C21H31N2O+. The Balaban J connectivity index is 1.29. The minimum atomic E-state index is 0.260. The maximum absolute atomic E-state index is 12.4. The number of likely N-dealkylation sites (tertiary alicyclic amines) is 1. The molecule has 1 heterocycles. The Morgan fingerprint density at radius 2 is 1.88 bits per heavy atom. The minimum absolute atomic E-state index is 0.260. The summed E-state index contributed by atoms with van der Waals surface area (Å²) in [7, 11) is 0. The van der Waals surface area contributed by atoms with Crippen LogP contribution in [0, 0.1) is 17.8 Å². The van der Waals surface area contributed by atoms with Crippen molar-refractivity contribution in [2.24, 2.45) is 17.8 Å². The summed E-state index contributed by atoms with van der Waals surface area (Å²) in [6, 6.07) is 8.65. The minimum Gasteiger partial charge on any atom is -0.352 e. The molecule has 2 N–H and O–H groups in total. The van der Waals surface area contributed by atoms with Crippen molar-refractivity contribution in [1.29, 1.82) is 0 Å². The van der Waals surface area contributed by atoms with Crippen LogP contribution < -0.4 is 10.2 Å². The van der Waals surface area contributed by atoms with Crippen LogP contribution in [0.4, 0.5) is 0 Å². The van der Waals surface area contributed by atoms with Crippen LogP contribution >= 0.6 is 0 Å². The van der Waals surface area contributed by atoms with E-state index in [9.17, 15) is 4.79 Å². The molecule has 1 aromatic rings. The number of fused-ring (bicyclic) bond motifs is 2. The predicted molar refractivity (Wildman–Crippen MR) is 95.5 cm³/mol. The summed E-state index contributed by atoms with van der Waals surface area (Å²) < 4.78 is 0. The third-order valence-electron chi connectivity index (χ3n) is 6.68. The summed E-state index contributed by atoms with van der Waals surface area (Å²) in [5, 5.41) is 3.20. The van der Waals surface area contributed by atoms with Crippen LogP contribution in [0.2, 0.25) is 0 Å². The zero-order valence-corrected chi connectivity index (χ0v) is 14.7. The van der Waals surface area contributed by atoms with Gasteiger partial charge in [0.25, 0.3) is 0 Å². The summed E-state index contributed by atoms with van der Waals surface area (Å²) in [6.45, 7) is 4.40. The van der Waals surface area contributed by atoms with Crippen molar-refractivity contribution < 1.29 is 9.69 Å². The number of nitrogens with one attached hydrogen (secondary N) is 2. The molecule has 4 rings (SSSR count). The number of quaternary nitrogens is 1. The van der Waals surface area contributed by atoms with E-state index in [0.29, 0.717) is 12.5 Å². The van der Waals surface area contributed by atoms with E-state index in [1.165, 1.54) is 62.7 Å². The average Bonchev–Trinajstić information content (AvgIpc) is 3.32. The third kappa shape index (κ3) is 3.66. The highest BCUT2D eigenvalue weighted by Crippen LogP contribution is 2.49. The summed E-state index contributed by atoms with van der Waals surface area (Å²) in [5.74, 6) is 2.69. The SMILES string of the molecule is O=C(C[C@@H]1C[C@@H]2CC[C@@H]1C2)NCc1ccccc1C[NH+]1CCCC1. The first-order valence-electron chi connectivity index (χ1n) is 9.95. The van der Waals surface area contributed by atoms with Gasteiger partial charge in [-0.15, -0.1) is 0 Å². The van der Waals surface area contributed by atoms with Crippen LogP contribution in [0.15, 0.2) is 24.3 Å². The fourth-order valence-corrected chi connectivity index (χ4v) is 5.35. The standard InChI is InChI=1S/C21H30N2O/c24-21(13-20-12-16-7-8-17(20)11-16)22-14-18-5-1-2-6-19(18)15-23-9-3-4-10-23/h1-2,5-6,16-17,20H,3-4,7-15H2,(H,22,24)/p+1/t16-,17-,20+/m1/s1. The first kappa shape index (κ1) is 16.1. The molecule has 1 amide bonds. The zero-order chi connectivity index (χ0) is 16.4. The van der Waals surface area contributed by atoms with Gasteiger partial charge in [0.15, 0.2) is 0 Å². The summed E-state index contributed by atoms with van der Waals surface area (Å²) in [4.78, 5) is 14.1. The lowest BCUT2D eigenvalue weighted by Crippen LogP contribution is -3.08. The van der Waals surface area contributed by atoms with Gasteiger partial charge in [0.05, 0.1) is 13.1 Å².